The number of aromatic nitrogens is 3. The lowest BCUT2D eigenvalue weighted by atomic mass is 10.2. The summed E-state index contributed by atoms with van der Waals surface area (Å²) in [6.07, 6.45) is 4.15. The molecule has 4 rings (SSSR count). The van der Waals surface area contributed by atoms with Crippen LogP contribution in [0.5, 0.6) is 5.75 Å². The van der Waals surface area contributed by atoms with Crippen molar-refractivity contribution in [1.29, 1.82) is 0 Å². The zero-order valence-corrected chi connectivity index (χ0v) is 16.5. The predicted molar refractivity (Wildman–Crippen MR) is 108 cm³/mol. The number of methoxy groups -OCH3 is 1. The van der Waals surface area contributed by atoms with Gasteiger partial charge in [0.15, 0.2) is 0 Å². The van der Waals surface area contributed by atoms with E-state index in [0.29, 0.717) is 32.1 Å². The lowest BCUT2D eigenvalue weighted by Gasteiger charge is -2.21. The van der Waals surface area contributed by atoms with E-state index in [1.54, 1.807) is 12.0 Å². The molecule has 1 saturated heterocycles. The molecule has 154 valence electrons. The van der Waals surface area contributed by atoms with Crippen molar-refractivity contribution in [2.75, 3.05) is 31.6 Å². The minimum absolute atomic E-state index is 0.167. The van der Waals surface area contributed by atoms with E-state index in [4.69, 9.17) is 4.74 Å². The number of fused-ring (bicyclic) bond motifs is 1. The molecule has 0 unspecified atom stereocenters. The van der Waals surface area contributed by atoms with Crippen molar-refractivity contribution < 1.29 is 9.53 Å². The van der Waals surface area contributed by atoms with Crippen LogP contribution in [0.1, 0.15) is 25.7 Å². The van der Waals surface area contributed by atoms with Gasteiger partial charge in [-0.2, -0.15) is 0 Å². The number of rotatable bonds is 4. The second kappa shape index (κ2) is 8.10. The Labute approximate surface area is 168 Å². The highest BCUT2D eigenvalue weighted by molar-refractivity contribution is 5.76. The van der Waals surface area contributed by atoms with Gasteiger partial charge in [0, 0.05) is 31.9 Å². The minimum Gasteiger partial charge on any atom is -0.497 e. The number of hydrogen-bond donors (Lipinski definition) is 0. The largest absolute Gasteiger partial charge is 0.497 e. The Morgan fingerprint density at radius 1 is 0.966 bits per heavy atom. The van der Waals surface area contributed by atoms with Gasteiger partial charge in [-0.05, 0) is 37.1 Å². The van der Waals surface area contributed by atoms with Crippen LogP contribution in [-0.4, -0.2) is 51.9 Å². The third-order valence-electron chi connectivity index (χ3n) is 5.53. The fourth-order valence-corrected chi connectivity index (χ4v) is 3.89. The van der Waals surface area contributed by atoms with Gasteiger partial charge < -0.3 is 14.5 Å². The van der Waals surface area contributed by atoms with Crippen molar-refractivity contribution in [2.45, 2.75) is 38.8 Å². The summed E-state index contributed by atoms with van der Waals surface area (Å²) in [6, 6.07) is 7.40. The van der Waals surface area contributed by atoms with E-state index in [2.05, 4.69) is 5.10 Å². The monoisotopic (exact) mass is 399 g/mol. The number of likely N-dealkylation sites (tertiary alicyclic amines) is 1. The molecule has 9 heteroatoms. The van der Waals surface area contributed by atoms with E-state index in [1.165, 1.54) is 4.57 Å². The molecule has 2 aliphatic heterocycles. The second-order valence-corrected chi connectivity index (χ2v) is 7.36. The molecule has 1 fully saturated rings. The SMILES string of the molecule is COc1ccc(N2CCn3c2nn(CC(=O)N2CCCCCC2)c(=O)c3=O)cc1. The fourth-order valence-electron chi connectivity index (χ4n) is 3.89. The normalized spacial score (nSPS) is 16.4. The maximum Gasteiger partial charge on any atom is 0.333 e. The average Bonchev–Trinajstić information content (AvgIpc) is 2.97. The van der Waals surface area contributed by atoms with Gasteiger partial charge in [-0.3, -0.25) is 19.0 Å². The molecule has 1 aromatic carbocycles. The third kappa shape index (κ3) is 3.76. The number of benzene rings is 1. The van der Waals surface area contributed by atoms with Crippen molar-refractivity contribution >= 4 is 17.5 Å². The average molecular weight is 399 g/mol. The summed E-state index contributed by atoms with van der Waals surface area (Å²) in [5.74, 6) is 0.939. The first-order valence-electron chi connectivity index (χ1n) is 10.00. The Morgan fingerprint density at radius 3 is 2.31 bits per heavy atom. The lowest BCUT2D eigenvalue weighted by molar-refractivity contribution is -0.132. The van der Waals surface area contributed by atoms with Crippen molar-refractivity contribution in [3.63, 3.8) is 0 Å². The number of carbonyl (C=O) groups excluding carboxylic acids is 1. The van der Waals surface area contributed by atoms with E-state index in [1.807, 2.05) is 29.2 Å². The molecule has 0 radical (unpaired) electrons. The molecule has 0 spiro atoms. The molecular weight excluding hydrogens is 374 g/mol. The molecule has 1 aromatic heterocycles. The molecule has 0 bridgehead atoms. The summed E-state index contributed by atoms with van der Waals surface area (Å²) in [5, 5.41) is 4.39. The van der Waals surface area contributed by atoms with Crippen molar-refractivity contribution in [2.24, 2.45) is 0 Å². The molecule has 2 aromatic rings. The molecular formula is C20H25N5O4. The van der Waals surface area contributed by atoms with Crippen LogP contribution in [0.3, 0.4) is 0 Å². The van der Waals surface area contributed by atoms with Gasteiger partial charge in [0.05, 0.1) is 7.11 Å². The Hall–Kier alpha value is -3.10. The Bertz CT molecular complexity index is 1000. The Kier molecular flexibility index (Phi) is 5.37. The molecule has 0 atom stereocenters. The molecule has 9 nitrogen and oxygen atoms in total. The Morgan fingerprint density at radius 2 is 1.66 bits per heavy atom. The highest BCUT2D eigenvalue weighted by Crippen LogP contribution is 2.27. The van der Waals surface area contributed by atoms with Crippen molar-refractivity contribution in [1.82, 2.24) is 19.2 Å². The van der Waals surface area contributed by atoms with Gasteiger partial charge in [-0.15, -0.1) is 5.10 Å². The van der Waals surface area contributed by atoms with Gasteiger partial charge in [-0.1, -0.05) is 12.8 Å². The smallest absolute Gasteiger partial charge is 0.333 e. The van der Waals surface area contributed by atoms with Gasteiger partial charge >= 0.3 is 11.1 Å². The summed E-state index contributed by atoms with van der Waals surface area (Å²) < 4.78 is 7.58. The first kappa shape index (κ1) is 19.2. The van der Waals surface area contributed by atoms with Gasteiger partial charge in [0.2, 0.25) is 11.9 Å². The van der Waals surface area contributed by atoms with Crippen molar-refractivity contribution in [3.05, 3.63) is 45.0 Å². The number of anilines is 2. The number of hydrogen-bond acceptors (Lipinski definition) is 6. The van der Waals surface area contributed by atoms with Crippen LogP contribution in [0.2, 0.25) is 0 Å². The molecule has 1 amide bonds. The van der Waals surface area contributed by atoms with E-state index >= 15 is 0 Å². The Balaban J connectivity index is 1.63. The molecule has 0 saturated carbocycles. The topological polar surface area (TPSA) is 89.7 Å². The molecule has 0 N–H and O–H groups in total. The molecule has 29 heavy (non-hydrogen) atoms. The third-order valence-corrected chi connectivity index (χ3v) is 5.53. The highest BCUT2D eigenvalue weighted by Gasteiger charge is 2.27. The van der Waals surface area contributed by atoms with E-state index in [0.717, 1.165) is 41.8 Å². The summed E-state index contributed by atoms with van der Waals surface area (Å²) in [7, 11) is 1.60. The summed E-state index contributed by atoms with van der Waals surface area (Å²) in [6.45, 7) is 2.07. The van der Waals surface area contributed by atoms with E-state index < -0.39 is 11.1 Å². The van der Waals surface area contributed by atoms with Gasteiger partial charge in [0.25, 0.3) is 0 Å². The first-order chi connectivity index (χ1) is 14.1. The highest BCUT2D eigenvalue weighted by atomic mass is 16.5. The van der Waals surface area contributed by atoms with Crippen molar-refractivity contribution in [3.8, 4) is 5.75 Å². The second-order valence-electron chi connectivity index (χ2n) is 7.36. The van der Waals surface area contributed by atoms with Crippen LogP contribution in [0.15, 0.2) is 33.9 Å². The van der Waals surface area contributed by atoms with E-state index in [-0.39, 0.29) is 12.5 Å². The first-order valence-corrected chi connectivity index (χ1v) is 10.00. The fraction of sp³-hybridized carbons (Fsp3) is 0.500. The van der Waals surface area contributed by atoms with Gasteiger partial charge in [0.1, 0.15) is 12.3 Å². The number of amides is 1. The molecule has 3 heterocycles. The minimum atomic E-state index is -0.756. The summed E-state index contributed by atoms with van der Waals surface area (Å²) in [5.41, 5.74) is -0.559. The summed E-state index contributed by atoms with van der Waals surface area (Å²) in [4.78, 5) is 41.4. The molecule has 0 aliphatic carbocycles. The summed E-state index contributed by atoms with van der Waals surface area (Å²) >= 11 is 0. The number of ether oxygens (including phenoxy) is 1. The van der Waals surface area contributed by atoms with Crippen LogP contribution >= 0.6 is 0 Å². The van der Waals surface area contributed by atoms with Crippen LogP contribution in [-0.2, 0) is 17.9 Å². The maximum atomic E-state index is 12.7. The van der Waals surface area contributed by atoms with Crippen LogP contribution in [0.4, 0.5) is 11.6 Å². The van der Waals surface area contributed by atoms with Crippen LogP contribution < -0.4 is 20.8 Å². The van der Waals surface area contributed by atoms with E-state index in [9.17, 15) is 14.4 Å². The van der Waals surface area contributed by atoms with Crippen LogP contribution in [0.25, 0.3) is 0 Å². The standard InChI is InChI=1S/C20H25N5O4/c1-29-16-8-6-15(7-9-16)23-12-13-24-18(27)19(28)25(21-20(23)24)14-17(26)22-10-4-2-3-5-11-22/h6-9H,2-5,10-14H2,1H3. The van der Waals surface area contributed by atoms with Gasteiger partial charge in [-0.25, -0.2) is 4.68 Å². The number of nitrogens with zero attached hydrogens (tertiary/aromatic N) is 5. The van der Waals surface area contributed by atoms with Crippen LogP contribution in [0, 0.1) is 0 Å². The quantitative estimate of drug-likeness (QED) is 0.712. The number of carbonyl (C=O) groups is 1. The predicted octanol–water partition coefficient (Wildman–Crippen LogP) is 0.968. The zero-order chi connectivity index (χ0) is 20.4. The lowest BCUT2D eigenvalue weighted by Crippen LogP contribution is -2.45. The maximum absolute atomic E-state index is 12.7. The zero-order valence-electron chi connectivity index (χ0n) is 16.5. The molecule has 2 aliphatic rings.